The Morgan fingerprint density at radius 1 is 1.11 bits per heavy atom. The molecular formula is C30H43N5O2. The molecule has 0 spiro atoms. The standard InChI is InChI=1S/C30H43N5O2/c1-4-34-20-25(22(2)31-34)19-32(3)28(36)16-8-15-27-26-14-10-18-33-17-9-13-24(29(26)33)21-35(27)30(37)23-11-6-5-7-12-23/h5-7,11-12,20,24,26-27,29H,4,8-10,13-19,21H2,1-3H3/t24-,26+,27+,29-/m0/s1. The molecule has 5 rings (SSSR count). The molecule has 2 amide bonds. The largest absolute Gasteiger partial charge is 0.341 e. The lowest BCUT2D eigenvalue weighted by Gasteiger charge is -2.57. The lowest BCUT2D eigenvalue weighted by Crippen LogP contribution is -2.65. The smallest absolute Gasteiger partial charge is 0.254 e. The Bertz CT molecular complexity index is 1080. The van der Waals surface area contributed by atoms with Gasteiger partial charge in [0.25, 0.3) is 5.91 Å². The first-order valence-electron chi connectivity index (χ1n) is 14.3. The number of piperidine rings is 3. The van der Waals surface area contributed by atoms with Crippen LogP contribution in [-0.2, 0) is 17.9 Å². The summed E-state index contributed by atoms with van der Waals surface area (Å²) in [6.45, 7) is 8.76. The number of nitrogens with zero attached hydrogens (tertiary/aromatic N) is 5. The molecule has 1 aromatic heterocycles. The van der Waals surface area contributed by atoms with Crippen molar-refractivity contribution in [1.82, 2.24) is 24.5 Å². The van der Waals surface area contributed by atoms with Crippen molar-refractivity contribution in [2.24, 2.45) is 11.8 Å². The van der Waals surface area contributed by atoms with Gasteiger partial charge < -0.3 is 9.80 Å². The number of hydrogen-bond acceptors (Lipinski definition) is 4. The highest BCUT2D eigenvalue weighted by molar-refractivity contribution is 5.94. The minimum Gasteiger partial charge on any atom is -0.341 e. The van der Waals surface area contributed by atoms with Gasteiger partial charge in [0.15, 0.2) is 0 Å². The van der Waals surface area contributed by atoms with Crippen molar-refractivity contribution in [3.8, 4) is 0 Å². The van der Waals surface area contributed by atoms with E-state index in [0.717, 1.165) is 42.8 Å². The van der Waals surface area contributed by atoms with Gasteiger partial charge in [-0.3, -0.25) is 19.2 Å². The molecular weight excluding hydrogens is 462 g/mol. The Balaban J connectivity index is 1.27. The predicted octanol–water partition coefficient (Wildman–Crippen LogP) is 4.36. The van der Waals surface area contributed by atoms with Crippen molar-refractivity contribution < 1.29 is 9.59 Å². The number of aryl methyl sites for hydroxylation is 2. The highest BCUT2D eigenvalue weighted by atomic mass is 16.2. The number of amides is 2. The van der Waals surface area contributed by atoms with Gasteiger partial charge in [0.05, 0.1) is 5.69 Å². The Morgan fingerprint density at radius 3 is 2.59 bits per heavy atom. The van der Waals surface area contributed by atoms with Crippen molar-refractivity contribution in [3.63, 3.8) is 0 Å². The van der Waals surface area contributed by atoms with E-state index < -0.39 is 0 Å². The summed E-state index contributed by atoms with van der Waals surface area (Å²) in [5, 5.41) is 4.51. The van der Waals surface area contributed by atoms with Crippen LogP contribution in [0.2, 0.25) is 0 Å². The number of rotatable bonds is 8. The van der Waals surface area contributed by atoms with Crippen LogP contribution in [-0.4, -0.2) is 75.1 Å². The number of carbonyl (C=O) groups is 2. The molecule has 3 aliphatic heterocycles. The molecule has 7 heteroatoms. The molecule has 37 heavy (non-hydrogen) atoms. The van der Waals surface area contributed by atoms with Crippen LogP contribution in [0.3, 0.4) is 0 Å². The second-order valence-corrected chi connectivity index (χ2v) is 11.4. The first kappa shape index (κ1) is 26.0. The zero-order valence-corrected chi connectivity index (χ0v) is 22.8. The Kier molecular flexibility index (Phi) is 7.98. The molecule has 200 valence electrons. The first-order chi connectivity index (χ1) is 18.0. The number of carbonyl (C=O) groups excluding carboxylic acids is 2. The summed E-state index contributed by atoms with van der Waals surface area (Å²) >= 11 is 0. The van der Waals surface area contributed by atoms with Gasteiger partial charge in [0.2, 0.25) is 5.91 Å². The molecule has 2 aromatic rings. The lowest BCUT2D eigenvalue weighted by atomic mass is 9.69. The van der Waals surface area contributed by atoms with Crippen molar-refractivity contribution >= 4 is 11.8 Å². The molecule has 4 heterocycles. The number of likely N-dealkylation sites (tertiary alicyclic amines) is 1. The van der Waals surface area contributed by atoms with Crippen LogP contribution in [0.1, 0.15) is 73.5 Å². The first-order valence-corrected chi connectivity index (χ1v) is 14.3. The summed E-state index contributed by atoms with van der Waals surface area (Å²) in [6.07, 6.45) is 9.14. The molecule has 0 unspecified atom stereocenters. The van der Waals surface area contributed by atoms with Gasteiger partial charge in [-0.05, 0) is 89.4 Å². The van der Waals surface area contributed by atoms with Crippen LogP contribution in [0.4, 0.5) is 0 Å². The summed E-state index contributed by atoms with van der Waals surface area (Å²) < 4.78 is 1.93. The highest BCUT2D eigenvalue weighted by Crippen LogP contribution is 2.43. The predicted molar refractivity (Wildman–Crippen MR) is 145 cm³/mol. The van der Waals surface area contributed by atoms with Crippen LogP contribution in [0.25, 0.3) is 0 Å². The lowest BCUT2D eigenvalue weighted by molar-refractivity contribution is -0.130. The van der Waals surface area contributed by atoms with E-state index in [-0.39, 0.29) is 17.9 Å². The molecule has 0 aliphatic carbocycles. The summed E-state index contributed by atoms with van der Waals surface area (Å²) in [5.74, 6) is 1.42. The Hall–Kier alpha value is -2.67. The topological polar surface area (TPSA) is 61.7 Å². The molecule has 0 bridgehead atoms. The van der Waals surface area contributed by atoms with Crippen LogP contribution < -0.4 is 0 Å². The van der Waals surface area contributed by atoms with E-state index in [9.17, 15) is 9.59 Å². The minimum absolute atomic E-state index is 0.165. The Morgan fingerprint density at radius 2 is 1.86 bits per heavy atom. The number of hydrogen-bond donors (Lipinski definition) is 0. The molecule has 0 N–H and O–H groups in total. The van der Waals surface area contributed by atoms with Crippen molar-refractivity contribution in [2.75, 3.05) is 26.7 Å². The molecule has 3 fully saturated rings. The van der Waals surface area contributed by atoms with Crippen LogP contribution in [0.15, 0.2) is 36.5 Å². The normalized spacial score (nSPS) is 25.5. The maximum atomic E-state index is 13.7. The average Bonchev–Trinajstić information content (AvgIpc) is 3.28. The number of benzene rings is 1. The second-order valence-electron chi connectivity index (χ2n) is 11.4. The van der Waals surface area contributed by atoms with Gasteiger partial charge in [-0.1, -0.05) is 18.2 Å². The van der Waals surface area contributed by atoms with Crippen molar-refractivity contribution in [1.29, 1.82) is 0 Å². The van der Waals surface area contributed by atoms with Gasteiger partial charge in [-0.25, -0.2) is 0 Å². The van der Waals surface area contributed by atoms with Gasteiger partial charge in [-0.15, -0.1) is 0 Å². The fourth-order valence-corrected chi connectivity index (χ4v) is 7.22. The zero-order valence-electron chi connectivity index (χ0n) is 22.8. The maximum Gasteiger partial charge on any atom is 0.254 e. The summed E-state index contributed by atoms with van der Waals surface area (Å²) in [5.41, 5.74) is 2.88. The average molecular weight is 506 g/mol. The Labute approximate surface area is 221 Å². The van der Waals surface area contributed by atoms with Gasteiger partial charge in [0.1, 0.15) is 0 Å². The third-order valence-corrected chi connectivity index (χ3v) is 9.05. The molecule has 4 atom stereocenters. The zero-order chi connectivity index (χ0) is 25.9. The summed E-state index contributed by atoms with van der Waals surface area (Å²) in [4.78, 5) is 33.6. The number of aromatic nitrogens is 2. The molecule has 0 saturated carbocycles. The third kappa shape index (κ3) is 5.47. The molecule has 7 nitrogen and oxygen atoms in total. The molecule has 3 saturated heterocycles. The fraction of sp³-hybridized carbons (Fsp3) is 0.633. The van der Waals surface area contributed by atoms with E-state index in [2.05, 4.69) is 21.8 Å². The van der Waals surface area contributed by atoms with E-state index in [1.807, 2.05) is 60.1 Å². The minimum atomic E-state index is 0.165. The summed E-state index contributed by atoms with van der Waals surface area (Å²) in [7, 11) is 1.89. The van der Waals surface area contributed by atoms with Crippen LogP contribution >= 0.6 is 0 Å². The molecule has 0 radical (unpaired) electrons. The van der Waals surface area contributed by atoms with Gasteiger partial charge in [-0.2, -0.15) is 5.10 Å². The van der Waals surface area contributed by atoms with E-state index in [1.54, 1.807) is 0 Å². The maximum absolute atomic E-state index is 13.7. The quantitative estimate of drug-likeness (QED) is 0.535. The molecule has 3 aliphatic rings. The summed E-state index contributed by atoms with van der Waals surface area (Å²) in [6, 6.07) is 10.6. The van der Waals surface area contributed by atoms with Crippen LogP contribution in [0.5, 0.6) is 0 Å². The van der Waals surface area contributed by atoms with Crippen molar-refractivity contribution in [2.45, 2.75) is 84.0 Å². The monoisotopic (exact) mass is 505 g/mol. The van der Waals surface area contributed by atoms with E-state index in [4.69, 9.17) is 0 Å². The second kappa shape index (κ2) is 11.4. The van der Waals surface area contributed by atoms with E-state index in [0.29, 0.717) is 30.8 Å². The van der Waals surface area contributed by atoms with Crippen LogP contribution in [0, 0.1) is 18.8 Å². The van der Waals surface area contributed by atoms with Gasteiger partial charge >= 0.3 is 0 Å². The highest BCUT2D eigenvalue weighted by Gasteiger charge is 2.49. The van der Waals surface area contributed by atoms with E-state index in [1.165, 1.54) is 38.8 Å². The fourth-order valence-electron chi connectivity index (χ4n) is 7.22. The van der Waals surface area contributed by atoms with Crippen molar-refractivity contribution in [3.05, 3.63) is 53.3 Å². The SMILES string of the molecule is CCn1cc(CN(C)C(=O)CCC[C@@H]2[C@H]3CCCN4CCC[C@@H](CN2C(=O)c2ccccc2)[C@@H]34)c(C)n1. The van der Waals surface area contributed by atoms with E-state index >= 15 is 0 Å². The molecule has 1 aromatic carbocycles. The third-order valence-electron chi connectivity index (χ3n) is 9.05. The van der Waals surface area contributed by atoms with Gasteiger partial charge in [0, 0.05) is 62.5 Å².